The molecule has 1 aromatic rings. The summed E-state index contributed by atoms with van der Waals surface area (Å²) in [5, 5.41) is 0. The maximum atomic E-state index is 12.9. The van der Waals surface area contributed by atoms with Crippen molar-refractivity contribution >= 4 is 10.2 Å². The Hall–Kier alpha value is -0.910. The van der Waals surface area contributed by atoms with Gasteiger partial charge in [0.25, 0.3) is 10.2 Å². The van der Waals surface area contributed by atoms with Crippen LogP contribution in [0.1, 0.15) is 56.1 Å². The molecule has 0 spiro atoms. The first kappa shape index (κ1) is 18.9. The van der Waals surface area contributed by atoms with E-state index < -0.39 is 10.2 Å². The van der Waals surface area contributed by atoms with E-state index in [2.05, 4.69) is 31.2 Å². The smallest absolute Gasteiger partial charge is 0.195 e. The molecule has 2 saturated heterocycles. The molecule has 0 N–H and O–H groups in total. The third kappa shape index (κ3) is 5.05. The lowest BCUT2D eigenvalue weighted by Crippen LogP contribution is -2.47. The van der Waals surface area contributed by atoms with E-state index in [0.29, 0.717) is 32.1 Å². The summed E-state index contributed by atoms with van der Waals surface area (Å²) >= 11 is 0. The van der Waals surface area contributed by atoms with Gasteiger partial charge in [0.05, 0.1) is 0 Å². The molecule has 2 heterocycles. The number of aryl methyl sites for hydroxylation is 2. The first-order valence-electron chi connectivity index (χ1n) is 9.86. The largest absolute Gasteiger partial charge is 0.281 e. The highest BCUT2D eigenvalue weighted by Gasteiger charge is 2.32. The van der Waals surface area contributed by atoms with E-state index in [9.17, 15) is 8.42 Å². The summed E-state index contributed by atoms with van der Waals surface area (Å²) in [5.41, 5.74) is 2.70. The average Bonchev–Trinajstić information content (AvgIpc) is 2.92. The second-order valence-electron chi connectivity index (χ2n) is 7.69. The van der Waals surface area contributed by atoms with Crippen molar-refractivity contribution in [3.63, 3.8) is 0 Å². The summed E-state index contributed by atoms with van der Waals surface area (Å²) in [6.07, 6.45) is 8.60. The van der Waals surface area contributed by atoms with Crippen molar-refractivity contribution in [1.82, 2.24) is 8.61 Å². The molecule has 5 heteroatoms. The number of hydrogen-bond acceptors (Lipinski definition) is 2. The molecule has 0 aliphatic carbocycles. The molecular formula is C20H32N2O2S. The van der Waals surface area contributed by atoms with Gasteiger partial charge in [-0.25, -0.2) is 0 Å². The number of benzene rings is 1. The van der Waals surface area contributed by atoms with Gasteiger partial charge in [0.1, 0.15) is 0 Å². The van der Waals surface area contributed by atoms with E-state index >= 15 is 0 Å². The number of rotatable bonds is 5. The van der Waals surface area contributed by atoms with Crippen LogP contribution < -0.4 is 0 Å². The van der Waals surface area contributed by atoms with Crippen molar-refractivity contribution in [3.8, 4) is 0 Å². The van der Waals surface area contributed by atoms with Crippen LogP contribution in [-0.4, -0.2) is 43.2 Å². The normalized spacial score (nSPS) is 22.0. The minimum atomic E-state index is -3.24. The zero-order chi connectivity index (χ0) is 17.7. The Morgan fingerprint density at radius 1 is 0.880 bits per heavy atom. The highest BCUT2D eigenvalue weighted by atomic mass is 32.2. The summed E-state index contributed by atoms with van der Waals surface area (Å²) < 4.78 is 29.2. The van der Waals surface area contributed by atoms with Gasteiger partial charge in [-0.1, -0.05) is 42.7 Å². The van der Waals surface area contributed by atoms with Crippen molar-refractivity contribution in [1.29, 1.82) is 0 Å². The number of piperidine rings is 1. The van der Waals surface area contributed by atoms with Crippen molar-refractivity contribution in [2.75, 3.05) is 26.2 Å². The first-order chi connectivity index (χ1) is 12.1. The zero-order valence-electron chi connectivity index (χ0n) is 15.5. The lowest BCUT2D eigenvalue weighted by Gasteiger charge is -2.34. The molecule has 2 aliphatic rings. The second kappa shape index (κ2) is 8.65. The number of nitrogens with zero attached hydrogens (tertiary/aromatic N) is 2. The Kier molecular flexibility index (Phi) is 6.53. The van der Waals surface area contributed by atoms with Crippen LogP contribution in [-0.2, 0) is 16.6 Å². The Labute approximate surface area is 153 Å². The molecule has 0 aromatic heterocycles. The van der Waals surface area contributed by atoms with E-state index in [1.165, 1.54) is 17.5 Å². The molecule has 25 heavy (non-hydrogen) atoms. The van der Waals surface area contributed by atoms with Crippen LogP contribution in [0, 0.1) is 12.8 Å². The second-order valence-corrected chi connectivity index (χ2v) is 9.62. The number of hydrogen-bond donors (Lipinski definition) is 0. The maximum Gasteiger partial charge on any atom is 0.281 e. The van der Waals surface area contributed by atoms with Crippen LogP contribution in [0.25, 0.3) is 0 Å². The van der Waals surface area contributed by atoms with Gasteiger partial charge in [-0.15, -0.1) is 0 Å². The van der Waals surface area contributed by atoms with E-state index in [1.807, 2.05) is 0 Å². The maximum absolute atomic E-state index is 12.9. The van der Waals surface area contributed by atoms with Gasteiger partial charge in [0, 0.05) is 26.2 Å². The van der Waals surface area contributed by atoms with Crippen molar-refractivity contribution in [2.24, 2.45) is 5.92 Å². The predicted octanol–water partition coefficient (Wildman–Crippen LogP) is 3.76. The average molecular weight is 365 g/mol. The van der Waals surface area contributed by atoms with Gasteiger partial charge < -0.3 is 0 Å². The fourth-order valence-electron chi connectivity index (χ4n) is 3.99. The van der Waals surface area contributed by atoms with Crippen LogP contribution in [0.4, 0.5) is 0 Å². The molecule has 0 unspecified atom stereocenters. The van der Waals surface area contributed by atoms with Gasteiger partial charge in [-0.05, 0) is 56.9 Å². The van der Waals surface area contributed by atoms with Crippen LogP contribution >= 0.6 is 0 Å². The van der Waals surface area contributed by atoms with Crippen molar-refractivity contribution in [3.05, 3.63) is 35.4 Å². The van der Waals surface area contributed by atoms with Gasteiger partial charge >= 0.3 is 0 Å². The summed E-state index contributed by atoms with van der Waals surface area (Å²) in [7, 11) is -3.24. The molecule has 4 nitrogen and oxygen atoms in total. The minimum absolute atomic E-state index is 0.650. The van der Waals surface area contributed by atoms with E-state index in [-0.39, 0.29) is 0 Å². The van der Waals surface area contributed by atoms with Gasteiger partial charge in [-0.2, -0.15) is 17.0 Å². The molecule has 140 valence electrons. The molecule has 2 fully saturated rings. The monoisotopic (exact) mass is 364 g/mol. The van der Waals surface area contributed by atoms with Crippen LogP contribution in [0.5, 0.6) is 0 Å². The topological polar surface area (TPSA) is 40.6 Å². The van der Waals surface area contributed by atoms with Crippen LogP contribution in [0.15, 0.2) is 24.3 Å². The SMILES string of the molecule is Cc1ccc(CCC2CCN(S(=O)(=O)N3CCCCCC3)CC2)cc1. The summed E-state index contributed by atoms with van der Waals surface area (Å²) in [6.45, 7) is 4.91. The Balaban J connectivity index is 1.48. The molecule has 0 atom stereocenters. The molecule has 2 aliphatic heterocycles. The molecule has 0 bridgehead atoms. The van der Waals surface area contributed by atoms with Crippen LogP contribution in [0.3, 0.4) is 0 Å². The first-order valence-corrected chi connectivity index (χ1v) is 11.3. The molecule has 0 amide bonds. The van der Waals surface area contributed by atoms with E-state index in [1.54, 1.807) is 8.61 Å². The summed E-state index contributed by atoms with van der Waals surface area (Å²) in [4.78, 5) is 0. The van der Waals surface area contributed by atoms with Gasteiger partial charge in [-0.3, -0.25) is 0 Å². The lowest BCUT2D eigenvalue weighted by atomic mass is 9.91. The molecule has 0 saturated carbocycles. The molecule has 3 rings (SSSR count). The van der Waals surface area contributed by atoms with Gasteiger partial charge in [0.15, 0.2) is 0 Å². The van der Waals surface area contributed by atoms with Crippen molar-refractivity contribution < 1.29 is 8.42 Å². The minimum Gasteiger partial charge on any atom is -0.195 e. The zero-order valence-corrected chi connectivity index (χ0v) is 16.3. The fourth-order valence-corrected chi connectivity index (χ4v) is 5.71. The molecule has 0 radical (unpaired) electrons. The highest BCUT2D eigenvalue weighted by molar-refractivity contribution is 7.86. The molecular weight excluding hydrogens is 332 g/mol. The van der Waals surface area contributed by atoms with Crippen molar-refractivity contribution in [2.45, 2.75) is 58.3 Å². The van der Waals surface area contributed by atoms with E-state index in [0.717, 1.165) is 44.9 Å². The van der Waals surface area contributed by atoms with Crippen LogP contribution in [0.2, 0.25) is 0 Å². The Morgan fingerprint density at radius 3 is 2.04 bits per heavy atom. The Morgan fingerprint density at radius 2 is 1.44 bits per heavy atom. The third-order valence-electron chi connectivity index (χ3n) is 5.75. The standard InChI is InChI=1S/C20H32N2O2S/c1-18-6-8-19(9-7-18)10-11-20-12-16-22(17-13-20)25(23,24)21-14-4-2-3-5-15-21/h6-9,20H,2-5,10-17H2,1H3. The molecule has 1 aromatic carbocycles. The summed E-state index contributed by atoms with van der Waals surface area (Å²) in [6, 6.07) is 8.78. The van der Waals surface area contributed by atoms with Gasteiger partial charge in [0.2, 0.25) is 0 Å². The lowest BCUT2D eigenvalue weighted by molar-refractivity contribution is 0.246. The quantitative estimate of drug-likeness (QED) is 0.798. The van der Waals surface area contributed by atoms with E-state index in [4.69, 9.17) is 0 Å². The Bertz CT molecular complexity index is 626. The fraction of sp³-hybridized carbons (Fsp3) is 0.700. The third-order valence-corrected chi connectivity index (χ3v) is 7.79. The highest BCUT2D eigenvalue weighted by Crippen LogP contribution is 2.26. The predicted molar refractivity (Wildman–Crippen MR) is 103 cm³/mol. The summed E-state index contributed by atoms with van der Waals surface area (Å²) in [5.74, 6) is 0.650.